The van der Waals surface area contributed by atoms with E-state index in [0.29, 0.717) is 12.3 Å². The molecule has 0 aliphatic heterocycles. The summed E-state index contributed by atoms with van der Waals surface area (Å²) >= 11 is 0. The van der Waals surface area contributed by atoms with E-state index < -0.39 is 14.7 Å². The van der Waals surface area contributed by atoms with Gasteiger partial charge in [0.15, 0.2) is 0 Å². The summed E-state index contributed by atoms with van der Waals surface area (Å²) in [7, 11) is -5.94. The van der Waals surface area contributed by atoms with Gasteiger partial charge >= 0.3 is 23.1 Å². The van der Waals surface area contributed by atoms with Gasteiger partial charge in [-0.25, -0.2) is 0 Å². The molecule has 0 spiro atoms. The molecule has 0 aromatic heterocycles. The maximum atomic E-state index is 10.5. The Balaban J connectivity index is -0.000000218. The Kier molecular flexibility index (Phi) is 13.7. The minimum atomic E-state index is -2.97. The molecular weight excluding hydrogens is 270 g/mol. The molecule has 0 N–H and O–H groups in total. The molecule has 0 aliphatic carbocycles. The molecule has 0 rings (SSSR count). The fourth-order valence-electron chi connectivity index (χ4n) is 1.33. The maximum Gasteiger partial charge on any atom is 2.00 e. The number of rotatable bonds is 4. The first-order chi connectivity index (χ1) is 6.83. The van der Waals surface area contributed by atoms with Crippen molar-refractivity contribution in [2.24, 2.45) is 11.8 Å². The summed E-state index contributed by atoms with van der Waals surface area (Å²) < 4.78 is 20.9. The van der Waals surface area contributed by atoms with E-state index in [-0.39, 0.29) is 34.9 Å². The maximum absolute atomic E-state index is 10.5. The van der Waals surface area contributed by atoms with Crippen molar-refractivity contribution in [3.05, 3.63) is 0 Å². The first-order valence-corrected chi connectivity index (χ1v) is 9.90. The summed E-state index contributed by atoms with van der Waals surface area (Å²) in [6.07, 6.45) is 0.653. The van der Waals surface area contributed by atoms with Crippen LogP contribution < -0.4 is 9.79 Å². The zero-order chi connectivity index (χ0) is 13.6. The van der Waals surface area contributed by atoms with Crippen LogP contribution >= 0.6 is 14.7 Å². The van der Waals surface area contributed by atoms with Crippen LogP contribution in [0.25, 0.3) is 0 Å². The topological polar surface area (TPSA) is 80.3 Å². The molecule has 2 unspecified atom stereocenters. The molecule has 17 heavy (non-hydrogen) atoms. The summed E-state index contributed by atoms with van der Waals surface area (Å²) in [4.78, 5) is 20.9. The molecule has 7 heteroatoms. The van der Waals surface area contributed by atoms with Crippen molar-refractivity contribution in [3.63, 3.8) is 0 Å². The molecule has 0 aromatic carbocycles. The third-order valence-electron chi connectivity index (χ3n) is 1.39. The fourth-order valence-corrected chi connectivity index (χ4v) is 3.98. The van der Waals surface area contributed by atoms with E-state index in [4.69, 9.17) is 0 Å². The molecular formula is C10H24MgO4P2. The van der Waals surface area contributed by atoms with E-state index in [9.17, 15) is 18.9 Å². The second kappa shape index (κ2) is 10.00. The molecule has 0 saturated heterocycles. The van der Waals surface area contributed by atoms with E-state index >= 15 is 0 Å². The molecule has 0 fully saturated rings. The molecule has 0 heterocycles. The van der Waals surface area contributed by atoms with Gasteiger partial charge in [-0.05, 0) is 37.5 Å². The van der Waals surface area contributed by atoms with Gasteiger partial charge < -0.3 is 18.9 Å². The summed E-state index contributed by atoms with van der Waals surface area (Å²) in [5.41, 5.74) is 0. The normalized spacial score (nSPS) is 17.5. The predicted molar refractivity (Wildman–Crippen MR) is 72.2 cm³/mol. The van der Waals surface area contributed by atoms with Crippen molar-refractivity contribution in [1.29, 1.82) is 0 Å². The fraction of sp³-hybridized carbons (Fsp3) is 1.00. The Labute approximate surface area is 122 Å². The van der Waals surface area contributed by atoms with Crippen molar-refractivity contribution < 1.29 is 18.9 Å². The van der Waals surface area contributed by atoms with E-state index in [1.165, 1.54) is 13.3 Å². The van der Waals surface area contributed by atoms with Crippen molar-refractivity contribution in [3.8, 4) is 0 Å². The smallest absolute Gasteiger partial charge is 0.799 e. The van der Waals surface area contributed by atoms with E-state index in [2.05, 4.69) is 0 Å². The minimum Gasteiger partial charge on any atom is -0.799 e. The van der Waals surface area contributed by atoms with Gasteiger partial charge in [0.25, 0.3) is 0 Å². The Morgan fingerprint density at radius 1 is 0.824 bits per heavy atom. The molecule has 100 valence electrons. The monoisotopic (exact) mass is 294 g/mol. The van der Waals surface area contributed by atoms with Gasteiger partial charge in [0, 0.05) is 14.7 Å². The Bertz CT molecular complexity index is 239. The summed E-state index contributed by atoms with van der Waals surface area (Å²) in [6, 6.07) is 0. The number of hydrogen-bond acceptors (Lipinski definition) is 4. The number of hydrogen-bond donors (Lipinski definition) is 0. The van der Waals surface area contributed by atoms with Crippen LogP contribution in [-0.2, 0) is 9.13 Å². The zero-order valence-corrected chi connectivity index (χ0v) is 15.0. The quantitative estimate of drug-likeness (QED) is 0.580. The molecule has 0 bridgehead atoms. The summed E-state index contributed by atoms with van der Waals surface area (Å²) in [6.45, 7) is 10.2. The van der Waals surface area contributed by atoms with Crippen LogP contribution in [0.1, 0.15) is 27.7 Å². The van der Waals surface area contributed by atoms with Crippen molar-refractivity contribution in [1.82, 2.24) is 0 Å². The van der Waals surface area contributed by atoms with Crippen LogP contribution in [0.15, 0.2) is 0 Å². The average Bonchev–Trinajstić information content (AvgIpc) is 1.72. The summed E-state index contributed by atoms with van der Waals surface area (Å²) in [5, 5.41) is 0. The van der Waals surface area contributed by atoms with Crippen LogP contribution in [0.4, 0.5) is 0 Å². The third kappa shape index (κ3) is 31.7. The van der Waals surface area contributed by atoms with Crippen molar-refractivity contribution >= 4 is 37.8 Å². The Morgan fingerprint density at radius 3 is 1.00 bits per heavy atom. The molecule has 4 nitrogen and oxygen atoms in total. The standard InChI is InChI=1S/2C5H13O2P.Mg/c2*1-5(2)4-8(3,6)7;/h2*5H,4H2,1-3H3,(H,6,7);/q;;+2/p-2. The average molecular weight is 295 g/mol. The second-order valence-corrected chi connectivity index (χ2v) is 9.97. The van der Waals surface area contributed by atoms with E-state index in [1.807, 2.05) is 27.7 Å². The molecule has 0 amide bonds. The van der Waals surface area contributed by atoms with Crippen molar-refractivity contribution in [2.75, 3.05) is 25.7 Å². The van der Waals surface area contributed by atoms with Gasteiger partial charge in [-0.15, -0.1) is 0 Å². The molecule has 0 saturated carbocycles. The Hall–Kier alpha value is 1.15. The van der Waals surface area contributed by atoms with Gasteiger partial charge in [0.2, 0.25) is 0 Å². The minimum absolute atomic E-state index is 0. The van der Waals surface area contributed by atoms with Crippen LogP contribution in [0, 0.1) is 11.8 Å². The van der Waals surface area contributed by atoms with Crippen LogP contribution in [-0.4, -0.2) is 48.7 Å². The third-order valence-corrected chi connectivity index (χ3v) is 4.18. The molecule has 0 aromatic rings. The van der Waals surface area contributed by atoms with Gasteiger partial charge in [-0.2, -0.15) is 0 Å². The van der Waals surface area contributed by atoms with E-state index in [0.717, 1.165) is 0 Å². The van der Waals surface area contributed by atoms with Gasteiger partial charge in [-0.1, -0.05) is 27.7 Å². The zero-order valence-electron chi connectivity index (χ0n) is 11.8. The van der Waals surface area contributed by atoms with Crippen LogP contribution in [0.3, 0.4) is 0 Å². The van der Waals surface area contributed by atoms with Crippen molar-refractivity contribution in [2.45, 2.75) is 27.7 Å². The van der Waals surface area contributed by atoms with Gasteiger partial charge in [0.1, 0.15) is 0 Å². The molecule has 0 aliphatic rings. The Morgan fingerprint density at radius 2 is 1.00 bits per heavy atom. The van der Waals surface area contributed by atoms with Gasteiger partial charge in [-0.3, -0.25) is 0 Å². The van der Waals surface area contributed by atoms with Gasteiger partial charge in [0.05, 0.1) is 0 Å². The molecule has 0 radical (unpaired) electrons. The van der Waals surface area contributed by atoms with Crippen LogP contribution in [0.5, 0.6) is 0 Å². The predicted octanol–water partition coefficient (Wildman–Crippen LogP) is 1.44. The molecule has 2 atom stereocenters. The first kappa shape index (κ1) is 23.3. The summed E-state index contributed by atoms with van der Waals surface area (Å²) in [5.74, 6) is 0.534. The second-order valence-electron chi connectivity index (χ2n) is 5.18. The SMILES string of the molecule is CC(C)CP(C)(=O)[O-].CC(C)CP(C)(=O)[O-].[Mg+2]. The first-order valence-electron chi connectivity index (χ1n) is 5.38. The van der Waals surface area contributed by atoms with Crippen LogP contribution in [0.2, 0.25) is 0 Å². The largest absolute Gasteiger partial charge is 2.00 e. The van der Waals surface area contributed by atoms with E-state index in [1.54, 1.807) is 0 Å².